The molecule has 116 valence electrons. The predicted octanol–water partition coefficient (Wildman–Crippen LogP) is 2.93. The van der Waals surface area contributed by atoms with Crippen molar-refractivity contribution in [3.8, 4) is 0 Å². The van der Waals surface area contributed by atoms with Crippen LogP contribution >= 0.6 is 0 Å². The fourth-order valence-electron chi connectivity index (χ4n) is 2.91. The van der Waals surface area contributed by atoms with E-state index in [0.717, 1.165) is 30.4 Å². The van der Waals surface area contributed by atoms with E-state index in [-0.39, 0.29) is 6.04 Å². The predicted molar refractivity (Wildman–Crippen MR) is 88.0 cm³/mol. The van der Waals surface area contributed by atoms with Gasteiger partial charge in [0.25, 0.3) is 0 Å². The average Bonchev–Trinajstić information content (AvgIpc) is 2.48. The molecule has 0 fully saturated rings. The van der Waals surface area contributed by atoms with E-state index in [1.165, 1.54) is 5.56 Å². The molecule has 2 aromatic carbocycles. The van der Waals surface area contributed by atoms with Crippen molar-refractivity contribution in [3.63, 3.8) is 0 Å². The van der Waals surface area contributed by atoms with Crippen molar-refractivity contribution in [2.75, 3.05) is 5.73 Å². The van der Waals surface area contributed by atoms with E-state index in [1.807, 2.05) is 25.1 Å². The van der Waals surface area contributed by atoms with Crippen LogP contribution in [0.1, 0.15) is 35.6 Å². The average molecular weight is 316 g/mol. The number of nitrogen functional groups attached to an aromatic ring is 1. The monoisotopic (exact) mass is 316 g/mol. The van der Waals surface area contributed by atoms with E-state index in [2.05, 4.69) is 4.72 Å². The SMILES string of the molecule is Cc1ccc(S(=O)(=O)NC2CCCc3ccc(N)cc32)cc1. The lowest BCUT2D eigenvalue weighted by Gasteiger charge is -2.26. The van der Waals surface area contributed by atoms with Gasteiger partial charge in [-0.05, 0) is 61.6 Å². The zero-order valence-corrected chi connectivity index (χ0v) is 13.4. The third kappa shape index (κ3) is 3.00. The summed E-state index contributed by atoms with van der Waals surface area (Å²) >= 11 is 0. The van der Waals surface area contributed by atoms with Crippen LogP contribution in [-0.4, -0.2) is 8.42 Å². The molecule has 1 aliphatic rings. The number of aryl methyl sites for hydroxylation is 2. The lowest BCUT2D eigenvalue weighted by Crippen LogP contribution is -2.31. The molecule has 0 aliphatic heterocycles. The van der Waals surface area contributed by atoms with E-state index >= 15 is 0 Å². The molecular weight excluding hydrogens is 296 g/mol. The van der Waals surface area contributed by atoms with Gasteiger partial charge in [0.15, 0.2) is 0 Å². The molecule has 0 saturated carbocycles. The summed E-state index contributed by atoms with van der Waals surface area (Å²) in [5, 5.41) is 0. The van der Waals surface area contributed by atoms with Crippen molar-refractivity contribution >= 4 is 15.7 Å². The number of rotatable bonds is 3. The van der Waals surface area contributed by atoms with Crippen LogP contribution < -0.4 is 10.5 Å². The van der Waals surface area contributed by atoms with Crippen molar-refractivity contribution in [3.05, 3.63) is 59.2 Å². The number of fused-ring (bicyclic) bond motifs is 1. The summed E-state index contributed by atoms with van der Waals surface area (Å²) in [7, 11) is -3.52. The molecule has 4 nitrogen and oxygen atoms in total. The third-order valence-electron chi connectivity index (χ3n) is 4.11. The number of nitrogens with one attached hydrogen (secondary N) is 1. The summed E-state index contributed by atoms with van der Waals surface area (Å²) in [4.78, 5) is 0.300. The lowest BCUT2D eigenvalue weighted by molar-refractivity contribution is 0.507. The van der Waals surface area contributed by atoms with Gasteiger partial charge >= 0.3 is 0 Å². The molecule has 22 heavy (non-hydrogen) atoms. The third-order valence-corrected chi connectivity index (χ3v) is 5.60. The number of hydrogen-bond donors (Lipinski definition) is 2. The van der Waals surface area contributed by atoms with Crippen molar-refractivity contribution < 1.29 is 8.42 Å². The quantitative estimate of drug-likeness (QED) is 0.855. The molecule has 5 heteroatoms. The molecule has 0 amide bonds. The van der Waals surface area contributed by atoms with Crippen LogP contribution in [0.2, 0.25) is 0 Å². The molecule has 0 bridgehead atoms. The molecule has 2 aromatic rings. The smallest absolute Gasteiger partial charge is 0.241 e. The van der Waals surface area contributed by atoms with E-state index in [0.29, 0.717) is 10.6 Å². The minimum atomic E-state index is -3.52. The van der Waals surface area contributed by atoms with Crippen LogP contribution in [0.4, 0.5) is 5.69 Å². The second-order valence-electron chi connectivity index (χ2n) is 5.84. The molecule has 1 atom stereocenters. The first-order valence-corrected chi connectivity index (χ1v) is 8.91. The first-order chi connectivity index (χ1) is 10.5. The Morgan fingerprint density at radius 2 is 1.86 bits per heavy atom. The van der Waals surface area contributed by atoms with Crippen molar-refractivity contribution in [2.24, 2.45) is 0 Å². The Kier molecular flexibility index (Phi) is 3.93. The van der Waals surface area contributed by atoms with Crippen LogP contribution in [-0.2, 0) is 16.4 Å². The lowest BCUT2D eigenvalue weighted by atomic mass is 9.88. The maximum absolute atomic E-state index is 12.6. The minimum Gasteiger partial charge on any atom is -0.399 e. The second kappa shape index (κ2) is 5.74. The summed E-state index contributed by atoms with van der Waals surface area (Å²) in [5.74, 6) is 0. The van der Waals surface area contributed by atoms with Crippen LogP contribution in [0, 0.1) is 6.92 Å². The van der Waals surface area contributed by atoms with E-state index in [1.54, 1.807) is 24.3 Å². The molecule has 0 spiro atoms. The Bertz CT molecular complexity index is 783. The molecule has 0 aromatic heterocycles. The first kappa shape index (κ1) is 15.1. The summed E-state index contributed by atoms with van der Waals surface area (Å²) in [6.45, 7) is 1.93. The van der Waals surface area contributed by atoms with E-state index in [4.69, 9.17) is 5.73 Å². The van der Waals surface area contributed by atoms with Gasteiger partial charge in [-0.3, -0.25) is 0 Å². The summed E-state index contributed by atoms with van der Waals surface area (Å²) in [6, 6.07) is 12.4. The standard InChI is InChI=1S/C17H20N2O2S/c1-12-5-9-15(10-6-12)22(20,21)19-17-4-2-3-13-7-8-14(18)11-16(13)17/h5-11,17,19H,2-4,18H2,1H3. The zero-order chi connectivity index (χ0) is 15.7. The van der Waals surface area contributed by atoms with Gasteiger partial charge in [0.2, 0.25) is 10.0 Å². The number of nitrogens with two attached hydrogens (primary N) is 1. The molecule has 3 N–H and O–H groups in total. The number of benzene rings is 2. The molecule has 0 saturated heterocycles. The highest BCUT2D eigenvalue weighted by Gasteiger charge is 2.25. The zero-order valence-electron chi connectivity index (χ0n) is 12.5. The summed E-state index contributed by atoms with van der Waals surface area (Å²) in [5.41, 5.74) is 9.74. The van der Waals surface area contributed by atoms with Crippen LogP contribution in [0.3, 0.4) is 0 Å². The maximum Gasteiger partial charge on any atom is 0.241 e. The largest absolute Gasteiger partial charge is 0.399 e. The van der Waals surface area contributed by atoms with Gasteiger partial charge in [0.1, 0.15) is 0 Å². The normalized spacial score (nSPS) is 18.0. The van der Waals surface area contributed by atoms with E-state index in [9.17, 15) is 8.42 Å². The fraction of sp³-hybridized carbons (Fsp3) is 0.294. The highest BCUT2D eigenvalue weighted by Crippen LogP contribution is 2.32. The number of anilines is 1. The highest BCUT2D eigenvalue weighted by molar-refractivity contribution is 7.89. The van der Waals surface area contributed by atoms with Gasteiger partial charge < -0.3 is 5.73 Å². The van der Waals surface area contributed by atoms with Crippen molar-refractivity contribution in [1.29, 1.82) is 0 Å². The number of hydrogen-bond acceptors (Lipinski definition) is 3. The van der Waals surface area contributed by atoms with Crippen LogP contribution in [0.25, 0.3) is 0 Å². The molecule has 0 heterocycles. The molecule has 3 rings (SSSR count). The van der Waals surface area contributed by atoms with Gasteiger partial charge in [-0.2, -0.15) is 0 Å². The summed E-state index contributed by atoms with van der Waals surface area (Å²) < 4.78 is 28.0. The van der Waals surface area contributed by atoms with Crippen LogP contribution in [0.5, 0.6) is 0 Å². The maximum atomic E-state index is 12.6. The minimum absolute atomic E-state index is 0.210. The topological polar surface area (TPSA) is 72.2 Å². The first-order valence-electron chi connectivity index (χ1n) is 7.43. The van der Waals surface area contributed by atoms with Crippen molar-refractivity contribution in [1.82, 2.24) is 4.72 Å². The van der Waals surface area contributed by atoms with Gasteiger partial charge in [0.05, 0.1) is 4.90 Å². The van der Waals surface area contributed by atoms with Crippen molar-refractivity contribution in [2.45, 2.75) is 37.1 Å². The Morgan fingerprint density at radius 1 is 1.14 bits per heavy atom. The number of sulfonamides is 1. The van der Waals surface area contributed by atoms with Gasteiger partial charge in [0, 0.05) is 11.7 Å². The van der Waals surface area contributed by atoms with E-state index < -0.39 is 10.0 Å². The Balaban J connectivity index is 1.91. The Labute approximate surface area is 131 Å². The highest BCUT2D eigenvalue weighted by atomic mass is 32.2. The Hall–Kier alpha value is -1.85. The fourth-order valence-corrected chi connectivity index (χ4v) is 4.16. The van der Waals surface area contributed by atoms with Crippen LogP contribution in [0.15, 0.2) is 47.4 Å². The van der Waals surface area contributed by atoms with Gasteiger partial charge in [-0.25, -0.2) is 13.1 Å². The molecular formula is C17H20N2O2S. The second-order valence-corrected chi connectivity index (χ2v) is 7.55. The van der Waals surface area contributed by atoms with Gasteiger partial charge in [-0.15, -0.1) is 0 Å². The molecule has 1 unspecified atom stereocenters. The molecule has 1 aliphatic carbocycles. The van der Waals surface area contributed by atoms with Gasteiger partial charge in [-0.1, -0.05) is 23.8 Å². The Morgan fingerprint density at radius 3 is 2.59 bits per heavy atom. The summed E-state index contributed by atoms with van der Waals surface area (Å²) in [6.07, 6.45) is 2.73. The molecule has 0 radical (unpaired) electrons.